The minimum Gasteiger partial charge on any atom is -0.0990 e. The van der Waals surface area contributed by atoms with Gasteiger partial charge in [0.25, 0.3) is 0 Å². The first-order valence-electron chi connectivity index (χ1n) is 13.5. The lowest BCUT2D eigenvalue weighted by Gasteiger charge is -2.42. The quantitative estimate of drug-likeness (QED) is 0.282. The standard InChI is InChI=1S/C32H50/c1-9-10-11-14-26-20-24(3)30(28-19-23(2)15-16-29(28)31(5,6)7)27(22-26)21-25(4)32(8)17-12-13-18-32/h15,20,22,28-29H,4,9-14,16-19,21H2,1-3,5-8H3. The van der Waals surface area contributed by atoms with E-state index in [2.05, 4.69) is 66.7 Å². The van der Waals surface area contributed by atoms with Crippen LogP contribution in [0, 0.1) is 23.7 Å². The van der Waals surface area contributed by atoms with Crippen molar-refractivity contribution in [2.75, 3.05) is 0 Å². The zero-order valence-corrected chi connectivity index (χ0v) is 22.4. The predicted octanol–water partition coefficient (Wildman–Crippen LogP) is 9.89. The van der Waals surface area contributed by atoms with Crippen LogP contribution in [0.2, 0.25) is 0 Å². The Bertz CT molecular complexity index is 822. The van der Waals surface area contributed by atoms with Gasteiger partial charge in [-0.05, 0) is 104 Å². The summed E-state index contributed by atoms with van der Waals surface area (Å²) < 4.78 is 0. The number of allylic oxidation sites excluding steroid dienone is 3. The minimum absolute atomic E-state index is 0.319. The van der Waals surface area contributed by atoms with E-state index in [-0.39, 0.29) is 0 Å². The monoisotopic (exact) mass is 434 g/mol. The Balaban J connectivity index is 2.03. The molecule has 2 unspecified atom stereocenters. The Kier molecular flexibility index (Phi) is 8.16. The molecule has 0 N–H and O–H groups in total. The zero-order valence-electron chi connectivity index (χ0n) is 22.4. The summed E-state index contributed by atoms with van der Waals surface area (Å²) in [5, 5.41) is 0. The first kappa shape index (κ1) is 25.3. The lowest BCUT2D eigenvalue weighted by Crippen LogP contribution is -2.30. The molecular weight excluding hydrogens is 384 g/mol. The molecule has 1 aromatic rings. The Hall–Kier alpha value is -1.30. The van der Waals surface area contributed by atoms with Crippen molar-refractivity contribution in [3.63, 3.8) is 0 Å². The zero-order chi connectivity index (χ0) is 23.5. The van der Waals surface area contributed by atoms with Crippen LogP contribution in [0.15, 0.2) is 35.9 Å². The summed E-state index contributed by atoms with van der Waals surface area (Å²) in [6.45, 7) is 21.6. The molecule has 2 atom stereocenters. The van der Waals surface area contributed by atoms with E-state index in [1.54, 1.807) is 22.3 Å². The van der Waals surface area contributed by atoms with Gasteiger partial charge in [-0.1, -0.05) is 96.2 Å². The molecule has 1 fully saturated rings. The van der Waals surface area contributed by atoms with Gasteiger partial charge >= 0.3 is 0 Å². The molecule has 0 bridgehead atoms. The molecular formula is C32H50. The van der Waals surface area contributed by atoms with Crippen molar-refractivity contribution in [1.82, 2.24) is 0 Å². The van der Waals surface area contributed by atoms with Crippen LogP contribution in [0.4, 0.5) is 0 Å². The predicted molar refractivity (Wildman–Crippen MR) is 143 cm³/mol. The average Bonchev–Trinajstić information content (AvgIpc) is 3.15. The largest absolute Gasteiger partial charge is 0.0990 e. The molecule has 2 aliphatic rings. The molecule has 0 amide bonds. The van der Waals surface area contributed by atoms with Gasteiger partial charge in [-0.15, -0.1) is 0 Å². The van der Waals surface area contributed by atoms with Crippen LogP contribution < -0.4 is 0 Å². The van der Waals surface area contributed by atoms with E-state index in [1.165, 1.54) is 75.3 Å². The van der Waals surface area contributed by atoms with Crippen molar-refractivity contribution in [2.45, 2.75) is 125 Å². The van der Waals surface area contributed by atoms with Crippen molar-refractivity contribution < 1.29 is 0 Å². The Morgan fingerprint density at radius 1 is 1.09 bits per heavy atom. The fourth-order valence-electron chi connectivity index (χ4n) is 6.63. The molecule has 0 radical (unpaired) electrons. The molecule has 1 aromatic carbocycles. The maximum absolute atomic E-state index is 4.70. The third kappa shape index (κ3) is 5.78. The summed E-state index contributed by atoms with van der Waals surface area (Å²) in [6.07, 6.45) is 16.6. The highest BCUT2D eigenvalue weighted by molar-refractivity contribution is 5.45. The van der Waals surface area contributed by atoms with Crippen LogP contribution in [-0.2, 0) is 12.8 Å². The fraction of sp³-hybridized carbons (Fsp3) is 0.688. The van der Waals surface area contributed by atoms with Gasteiger partial charge in [0, 0.05) is 0 Å². The van der Waals surface area contributed by atoms with Crippen LogP contribution in [0.3, 0.4) is 0 Å². The van der Waals surface area contributed by atoms with E-state index in [9.17, 15) is 0 Å². The fourth-order valence-corrected chi connectivity index (χ4v) is 6.63. The second-order valence-electron chi connectivity index (χ2n) is 12.6. The minimum atomic E-state index is 0.319. The summed E-state index contributed by atoms with van der Waals surface area (Å²) in [4.78, 5) is 0. The van der Waals surface area contributed by atoms with Crippen LogP contribution in [0.1, 0.15) is 128 Å². The average molecular weight is 435 g/mol. The van der Waals surface area contributed by atoms with Gasteiger partial charge < -0.3 is 0 Å². The summed E-state index contributed by atoms with van der Waals surface area (Å²) >= 11 is 0. The third-order valence-electron chi connectivity index (χ3n) is 8.80. The molecule has 3 rings (SSSR count). The number of hydrogen-bond donors (Lipinski definition) is 0. The maximum atomic E-state index is 4.70. The summed E-state index contributed by atoms with van der Waals surface area (Å²) in [5.74, 6) is 1.33. The number of unbranched alkanes of at least 4 members (excludes halogenated alkanes) is 2. The molecule has 0 heterocycles. The van der Waals surface area contributed by atoms with E-state index in [0.717, 1.165) is 6.42 Å². The Morgan fingerprint density at radius 3 is 2.41 bits per heavy atom. The Morgan fingerprint density at radius 2 is 1.78 bits per heavy atom. The van der Waals surface area contributed by atoms with Crippen molar-refractivity contribution in [2.24, 2.45) is 16.7 Å². The molecule has 0 heteroatoms. The van der Waals surface area contributed by atoms with Crippen molar-refractivity contribution in [1.29, 1.82) is 0 Å². The second-order valence-corrected chi connectivity index (χ2v) is 12.6. The molecule has 0 nitrogen and oxygen atoms in total. The molecule has 1 saturated carbocycles. The van der Waals surface area contributed by atoms with Gasteiger partial charge in [-0.2, -0.15) is 0 Å². The van der Waals surface area contributed by atoms with Crippen molar-refractivity contribution in [3.8, 4) is 0 Å². The molecule has 0 saturated heterocycles. The van der Waals surface area contributed by atoms with E-state index < -0.39 is 0 Å². The van der Waals surface area contributed by atoms with Gasteiger partial charge in [0.1, 0.15) is 0 Å². The van der Waals surface area contributed by atoms with E-state index >= 15 is 0 Å². The van der Waals surface area contributed by atoms with E-state index in [1.807, 2.05) is 0 Å². The summed E-state index contributed by atoms with van der Waals surface area (Å²) in [6, 6.07) is 5.12. The van der Waals surface area contributed by atoms with Crippen molar-refractivity contribution in [3.05, 3.63) is 58.2 Å². The highest BCUT2D eigenvalue weighted by Crippen LogP contribution is 2.50. The topological polar surface area (TPSA) is 0 Å². The third-order valence-corrected chi connectivity index (χ3v) is 8.80. The number of benzene rings is 1. The maximum Gasteiger partial charge on any atom is -0.00613 e. The van der Waals surface area contributed by atoms with Gasteiger partial charge in [0.05, 0.1) is 0 Å². The number of hydrogen-bond acceptors (Lipinski definition) is 0. The SMILES string of the molecule is C=C(Cc1cc(CCCCC)cc(C)c1C1CC(C)=CCC1C(C)(C)C)C1(C)CCCC1. The van der Waals surface area contributed by atoms with E-state index in [4.69, 9.17) is 6.58 Å². The highest BCUT2D eigenvalue weighted by Gasteiger charge is 2.37. The van der Waals surface area contributed by atoms with Crippen molar-refractivity contribution >= 4 is 0 Å². The lowest BCUT2D eigenvalue weighted by atomic mass is 9.63. The second kappa shape index (κ2) is 10.3. The number of aryl methyl sites for hydroxylation is 2. The molecule has 0 aliphatic heterocycles. The molecule has 178 valence electrons. The number of rotatable bonds is 8. The lowest BCUT2D eigenvalue weighted by molar-refractivity contribution is 0.191. The molecule has 32 heavy (non-hydrogen) atoms. The van der Waals surface area contributed by atoms with Crippen LogP contribution in [-0.4, -0.2) is 0 Å². The van der Waals surface area contributed by atoms with Crippen LogP contribution in [0.25, 0.3) is 0 Å². The van der Waals surface area contributed by atoms with Gasteiger partial charge in [0.15, 0.2) is 0 Å². The first-order valence-corrected chi connectivity index (χ1v) is 13.5. The van der Waals surface area contributed by atoms with Gasteiger partial charge in [0.2, 0.25) is 0 Å². The highest BCUT2D eigenvalue weighted by atomic mass is 14.4. The first-order chi connectivity index (χ1) is 15.0. The van der Waals surface area contributed by atoms with Crippen LogP contribution in [0.5, 0.6) is 0 Å². The molecule has 0 spiro atoms. The molecule has 2 aliphatic carbocycles. The normalized spacial score (nSPS) is 23.3. The van der Waals surface area contributed by atoms with Gasteiger partial charge in [-0.3, -0.25) is 0 Å². The van der Waals surface area contributed by atoms with E-state index in [0.29, 0.717) is 22.7 Å². The summed E-state index contributed by atoms with van der Waals surface area (Å²) in [7, 11) is 0. The molecule has 0 aromatic heterocycles. The Labute approximate surface area is 200 Å². The smallest absolute Gasteiger partial charge is 0.00613 e. The summed E-state index contributed by atoms with van der Waals surface area (Å²) in [5.41, 5.74) is 10.1. The van der Waals surface area contributed by atoms with Crippen LogP contribution >= 0.6 is 0 Å². The van der Waals surface area contributed by atoms with Gasteiger partial charge in [-0.25, -0.2) is 0 Å².